The SMILES string of the molecule is CNCc1sc(-c2ccc3ncccc3c2)nc1COC. The molecule has 0 atom stereocenters. The van der Waals surface area contributed by atoms with E-state index in [4.69, 9.17) is 9.72 Å². The van der Waals surface area contributed by atoms with E-state index in [1.54, 1.807) is 18.4 Å². The number of ether oxygens (including phenoxy) is 1. The van der Waals surface area contributed by atoms with Crippen molar-refractivity contribution in [1.29, 1.82) is 0 Å². The fraction of sp³-hybridized carbons (Fsp3) is 0.250. The number of nitrogens with one attached hydrogen (secondary N) is 1. The minimum atomic E-state index is 0.544. The molecule has 0 bridgehead atoms. The van der Waals surface area contributed by atoms with Gasteiger partial charge in [-0.05, 0) is 31.3 Å². The third-order valence-corrected chi connectivity index (χ3v) is 4.39. The second kappa shape index (κ2) is 6.30. The summed E-state index contributed by atoms with van der Waals surface area (Å²) in [7, 11) is 3.64. The number of hydrogen-bond acceptors (Lipinski definition) is 5. The van der Waals surface area contributed by atoms with Crippen molar-refractivity contribution >= 4 is 22.2 Å². The van der Waals surface area contributed by atoms with Crippen LogP contribution in [0.1, 0.15) is 10.6 Å². The van der Waals surface area contributed by atoms with Crippen molar-refractivity contribution < 1.29 is 4.74 Å². The molecule has 108 valence electrons. The van der Waals surface area contributed by atoms with E-state index in [0.29, 0.717) is 6.61 Å². The van der Waals surface area contributed by atoms with Crippen LogP contribution >= 0.6 is 11.3 Å². The first-order valence-electron chi connectivity index (χ1n) is 6.79. The van der Waals surface area contributed by atoms with E-state index in [1.807, 2.05) is 25.4 Å². The molecule has 0 amide bonds. The maximum absolute atomic E-state index is 5.24. The van der Waals surface area contributed by atoms with Crippen LogP contribution in [0.5, 0.6) is 0 Å². The van der Waals surface area contributed by atoms with E-state index >= 15 is 0 Å². The predicted octanol–water partition coefficient (Wildman–Crippen LogP) is 3.22. The van der Waals surface area contributed by atoms with Crippen molar-refractivity contribution in [3.63, 3.8) is 0 Å². The maximum atomic E-state index is 5.24. The number of thiazole rings is 1. The van der Waals surface area contributed by atoms with Gasteiger partial charge in [0.05, 0.1) is 17.8 Å². The Kier molecular flexibility index (Phi) is 4.24. The first kappa shape index (κ1) is 14.1. The molecule has 0 radical (unpaired) electrons. The molecular weight excluding hydrogens is 282 g/mol. The zero-order valence-corrected chi connectivity index (χ0v) is 12.9. The summed E-state index contributed by atoms with van der Waals surface area (Å²) < 4.78 is 5.24. The maximum Gasteiger partial charge on any atom is 0.124 e. The molecule has 4 nitrogen and oxygen atoms in total. The third kappa shape index (κ3) is 2.95. The normalized spacial score (nSPS) is 11.1. The lowest BCUT2D eigenvalue weighted by Crippen LogP contribution is -2.06. The van der Waals surface area contributed by atoms with Crippen LogP contribution in [0.15, 0.2) is 36.5 Å². The van der Waals surface area contributed by atoms with Crippen LogP contribution in [0.2, 0.25) is 0 Å². The highest BCUT2D eigenvalue weighted by Crippen LogP contribution is 2.30. The summed E-state index contributed by atoms with van der Waals surface area (Å²) in [5, 5.41) is 5.34. The van der Waals surface area contributed by atoms with Crippen molar-refractivity contribution in [2.24, 2.45) is 0 Å². The van der Waals surface area contributed by atoms with Gasteiger partial charge in [0, 0.05) is 35.7 Å². The minimum Gasteiger partial charge on any atom is -0.378 e. The molecule has 0 aliphatic carbocycles. The highest BCUT2D eigenvalue weighted by molar-refractivity contribution is 7.15. The summed E-state index contributed by atoms with van der Waals surface area (Å²) in [5.41, 5.74) is 3.14. The van der Waals surface area contributed by atoms with Gasteiger partial charge in [-0.3, -0.25) is 4.98 Å². The summed E-state index contributed by atoms with van der Waals surface area (Å²) in [6, 6.07) is 10.3. The summed E-state index contributed by atoms with van der Waals surface area (Å²) >= 11 is 1.71. The highest BCUT2D eigenvalue weighted by atomic mass is 32.1. The molecule has 0 unspecified atom stereocenters. The molecule has 0 fully saturated rings. The van der Waals surface area contributed by atoms with E-state index in [2.05, 4.69) is 28.5 Å². The number of methoxy groups -OCH3 is 1. The van der Waals surface area contributed by atoms with Crippen LogP contribution in [0.25, 0.3) is 21.5 Å². The van der Waals surface area contributed by atoms with Crippen molar-refractivity contribution in [3.8, 4) is 10.6 Å². The van der Waals surface area contributed by atoms with Crippen molar-refractivity contribution in [2.45, 2.75) is 13.2 Å². The first-order chi connectivity index (χ1) is 10.3. The van der Waals surface area contributed by atoms with E-state index in [0.717, 1.165) is 33.7 Å². The van der Waals surface area contributed by atoms with Crippen LogP contribution in [-0.4, -0.2) is 24.1 Å². The molecule has 0 aliphatic rings. The smallest absolute Gasteiger partial charge is 0.124 e. The van der Waals surface area contributed by atoms with Crippen LogP contribution in [0.4, 0.5) is 0 Å². The summed E-state index contributed by atoms with van der Waals surface area (Å²) in [6.07, 6.45) is 1.81. The standard InChI is InChI=1S/C16H17N3OS/c1-17-9-15-14(10-20-2)19-16(21-15)12-5-6-13-11(8-12)4-3-7-18-13/h3-8,17H,9-10H2,1-2H3. The number of aromatic nitrogens is 2. The molecule has 0 saturated heterocycles. The van der Waals surface area contributed by atoms with Crippen LogP contribution in [0.3, 0.4) is 0 Å². The van der Waals surface area contributed by atoms with Gasteiger partial charge < -0.3 is 10.1 Å². The molecule has 5 heteroatoms. The molecule has 2 heterocycles. The van der Waals surface area contributed by atoms with E-state index in [1.165, 1.54) is 4.88 Å². The zero-order chi connectivity index (χ0) is 14.7. The van der Waals surface area contributed by atoms with Crippen LogP contribution < -0.4 is 5.32 Å². The molecule has 0 spiro atoms. The Labute approximate surface area is 127 Å². The Morgan fingerprint density at radius 1 is 1.29 bits per heavy atom. The van der Waals surface area contributed by atoms with E-state index in [9.17, 15) is 0 Å². The fourth-order valence-corrected chi connectivity index (χ4v) is 3.34. The molecule has 2 aromatic heterocycles. The fourth-order valence-electron chi connectivity index (χ4n) is 2.26. The molecule has 0 saturated carbocycles. The van der Waals surface area contributed by atoms with Gasteiger partial charge in [0.1, 0.15) is 5.01 Å². The lowest BCUT2D eigenvalue weighted by molar-refractivity contribution is 0.181. The second-order valence-electron chi connectivity index (χ2n) is 4.76. The number of hydrogen-bond donors (Lipinski definition) is 1. The summed E-state index contributed by atoms with van der Waals surface area (Å²) in [4.78, 5) is 10.3. The molecule has 3 aromatic rings. The van der Waals surface area contributed by atoms with Gasteiger partial charge in [-0.1, -0.05) is 6.07 Å². The van der Waals surface area contributed by atoms with E-state index in [-0.39, 0.29) is 0 Å². The largest absolute Gasteiger partial charge is 0.378 e. The Morgan fingerprint density at radius 3 is 3.00 bits per heavy atom. The van der Waals surface area contributed by atoms with Crippen LogP contribution in [-0.2, 0) is 17.9 Å². The topological polar surface area (TPSA) is 47.0 Å². The number of benzene rings is 1. The molecule has 1 aromatic carbocycles. The van der Waals surface area contributed by atoms with E-state index < -0.39 is 0 Å². The second-order valence-corrected chi connectivity index (χ2v) is 5.85. The zero-order valence-electron chi connectivity index (χ0n) is 12.1. The summed E-state index contributed by atoms with van der Waals surface area (Å²) in [6.45, 7) is 1.36. The minimum absolute atomic E-state index is 0.544. The lowest BCUT2D eigenvalue weighted by atomic mass is 10.1. The van der Waals surface area contributed by atoms with Gasteiger partial charge in [-0.2, -0.15) is 0 Å². The van der Waals surface area contributed by atoms with Crippen molar-refractivity contribution in [3.05, 3.63) is 47.1 Å². The Morgan fingerprint density at radius 2 is 2.19 bits per heavy atom. The quantitative estimate of drug-likeness (QED) is 0.786. The van der Waals surface area contributed by atoms with Gasteiger partial charge in [0.25, 0.3) is 0 Å². The summed E-state index contributed by atoms with van der Waals surface area (Å²) in [5.74, 6) is 0. The Bertz CT molecular complexity index is 731. The Hall–Kier alpha value is -1.82. The highest BCUT2D eigenvalue weighted by Gasteiger charge is 2.12. The third-order valence-electron chi connectivity index (χ3n) is 3.25. The van der Waals surface area contributed by atoms with Gasteiger partial charge in [0.15, 0.2) is 0 Å². The monoisotopic (exact) mass is 299 g/mol. The number of pyridine rings is 1. The predicted molar refractivity (Wildman–Crippen MR) is 86.3 cm³/mol. The average molecular weight is 299 g/mol. The van der Waals surface area contributed by atoms with Gasteiger partial charge in [-0.25, -0.2) is 4.98 Å². The lowest BCUT2D eigenvalue weighted by Gasteiger charge is -1.99. The van der Waals surface area contributed by atoms with Gasteiger partial charge in [-0.15, -0.1) is 11.3 Å². The van der Waals surface area contributed by atoms with Crippen molar-refractivity contribution in [2.75, 3.05) is 14.2 Å². The first-order valence-corrected chi connectivity index (χ1v) is 7.60. The van der Waals surface area contributed by atoms with Gasteiger partial charge >= 0.3 is 0 Å². The average Bonchev–Trinajstić information content (AvgIpc) is 2.91. The number of rotatable bonds is 5. The molecule has 1 N–H and O–H groups in total. The van der Waals surface area contributed by atoms with Crippen LogP contribution in [0, 0.1) is 0 Å². The van der Waals surface area contributed by atoms with Crippen molar-refractivity contribution in [1.82, 2.24) is 15.3 Å². The molecular formula is C16H17N3OS. The molecule has 0 aliphatic heterocycles. The molecule has 21 heavy (non-hydrogen) atoms. The van der Waals surface area contributed by atoms with Gasteiger partial charge in [0.2, 0.25) is 0 Å². The molecule has 3 rings (SSSR count). The number of nitrogens with zero attached hydrogens (tertiary/aromatic N) is 2. The Balaban J connectivity index is 2.02. The number of fused-ring (bicyclic) bond motifs is 1.